The quantitative estimate of drug-likeness (QED) is 0.826. The Morgan fingerprint density at radius 3 is 1.95 bits per heavy atom. The third kappa shape index (κ3) is 4.50. The van der Waals surface area contributed by atoms with Gasteiger partial charge < -0.3 is 10.6 Å². The number of amides is 1. The number of hydrogen-bond donors (Lipinski definition) is 1. The standard InChI is InChI=1S/C16H31N3O.2ClH/c1-3-16(4-2,13-17)15(20)19-11-9-18(10-12-19)14-7-5-6-8-14;;/h14H,3-13,17H2,1-2H3;2*1H. The predicted octanol–water partition coefficient (Wildman–Crippen LogP) is 2.68. The molecule has 0 atom stereocenters. The molecule has 2 fully saturated rings. The van der Waals surface area contributed by atoms with Gasteiger partial charge in [-0.05, 0) is 25.7 Å². The molecule has 0 unspecified atom stereocenters. The van der Waals surface area contributed by atoms with Crippen LogP contribution in [0.4, 0.5) is 0 Å². The first kappa shape index (κ1) is 22.0. The molecular weight excluding hydrogens is 321 g/mol. The summed E-state index contributed by atoms with van der Waals surface area (Å²) in [4.78, 5) is 17.4. The number of rotatable bonds is 5. The topological polar surface area (TPSA) is 49.6 Å². The van der Waals surface area contributed by atoms with E-state index in [1.165, 1.54) is 25.7 Å². The highest BCUT2D eigenvalue weighted by Crippen LogP contribution is 2.29. The monoisotopic (exact) mass is 353 g/mol. The van der Waals surface area contributed by atoms with E-state index in [2.05, 4.69) is 23.6 Å². The van der Waals surface area contributed by atoms with E-state index >= 15 is 0 Å². The predicted molar refractivity (Wildman–Crippen MR) is 97.0 cm³/mol. The lowest BCUT2D eigenvalue weighted by Gasteiger charge is -2.42. The summed E-state index contributed by atoms with van der Waals surface area (Å²) in [5.41, 5.74) is 5.58. The number of piperazine rings is 1. The molecule has 1 aliphatic carbocycles. The van der Waals surface area contributed by atoms with E-state index in [1.54, 1.807) is 0 Å². The van der Waals surface area contributed by atoms with Crippen LogP contribution in [0.5, 0.6) is 0 Å². The number of nitrogens with zero attached hydrogens (tertiary/aromatic N) is 2. The zero-order valence-corrected chi connectivity index (χ0v) is 15.7. The fraction of sp³-hybridized carbons (Fsp3) is 0.938. The van der Waals surface area contributed by atoms with Crippen molar-refractivity contribution in [2.24, 2.45) is 11.1 Å². The summed E-state index contributed by atoms with van der Waals surface area (Å²) in [7, 11) is 0. The van der Waals surface area contributed by atoms with E-state index in [-0.39, 0.29) is 36.1 Å². The van der Waals surface area contributed by atoms with Crippen molar-refractivity contribution >= 4 is 30.7 Å². The molecule has 0 aromatic rings. The van der Waals surface area contributed by atoms with Crippen LogP contribution < -0.4 is 5.73 Å². The largest absolute Gasteiger partial charge is 0.340 e. The van der Waals surface area contributed by atoms with E-state index in [9.17, 15) is 4.79 Å². The lowest BCUT2D eigenvalue weighted by Crippen LogP contribution is -2.56. The van der Waals surface area contributed by atoms with Gasteiger partial charge in [-0.3, -0.25) is 9.69 Å². The molecule has 6 heteroatoms. The smallest absolute Gasteiger partial charge is 0.230 e. The van der Waals surface area contributed by atoms with Crippen LogP contribution in [-0.2, 0) is 4.79 Å². The van der Waals surface area contributed by atoms with Crippen LogP contribution in [0, 0.1) is 5.41 Å². The lowest BCUT2D eigenvalue weighted by atomic mass is 9.80. The Bertz CT molecular complexity index is 315. The Morgan fingerprint density at radius 1 is 1.05 bits per heavy atom. The first-order chi connectivity index (χ1) is 9.66. The highest BCUT2D eigenvalue weighted by Gasteiger charge is 2.38. The summed E-state index contributed by atoms with van der Waals surface area (Å²) < 4.78 is 0. The Balaban J connectivity index is 0.00000220. The summed E-state index contributed by atoms with van der Waals surface area (Å²) in [5.74, 6) is 0.288. The van der Waals surface area contributed by atoms with Gasteiger partial charge in [0, 0.05) is 38.8 Å². The zero-order valence-electron chi connectivity index (χ0n) is 14.1. The van der Waals surface area contributed by atoms with Gasteiger partial charge >= 0.3 is 0 Å². The number of hydrogen-bond acceptors (Lipinski definition) is 3. The van der Waals surface area contributed by atoms with E-state index in [0.717, 1.165) is 45.1 Å². The SMILES string of the molecule is CCC(CC)(CN)C(=O)N1CCN(C2CCCC2)CC1.Cl.Cl. The molecule has 1 aliphatic heterocycles. The van der Waals surface area contributed by atoms with Crippen molar-refractivity contribution in [3.63, 3.8) is 0 Å². The van der Waals surface area contributed by atoms with Crippen molar-refractivity contribution in [2.45, 2.75) is 58.4 Å². The zero-order chi connectivity index (χ0) is 14.6. The molecule has 2 N–H and O–H groups in total. The van der Waals surface area contributed by atoms with E-state index in [4.69, 9.17) is 5.73 Å². The highest BCUT2D eigenvalue weighted by atomic mass is 35.5. The summed E-state index contributed by atoms with van der Waals surface area (Å²) >= 11 is 0. The van der Waals surface area contributed by atoms with Crippen LogP contribution in [0.25, 0.3) is 0 Å². The molecule has 1 heterocycles. The minimum absolute atomic E-state index is 0. The molecule has 132 valence electrons. The summed E-state index contributed by atoms with van der Waals surface area (Å²) in [6.07, 6.45) is 7.16. The second kappa shape index (κ2) is 9.96. The maximum Gasteiger partial charge on any atom is 0.230 e. The van der Waals surface area contributed by atoms with Crippen LogP contribution in [-0.4, -0.2) is 54.5 Å². The lowest BCUT2D eigenvalue weighted by molar-refractivity contribution is -0.144. The molecular formula is C16H33Cl2N3O. The van der Waals surface area contributed by atoms with E-state index in [0.29, 0.717) is 6.54 Å². The molecule has 0 spiro atoms. The van der Waals surface area contributed by atoms with Crippen LogP contribution >= 0.6 is 24.8 Å². The summed E-state index contributed by atoms with van der Waals surface area (Å²) in [6.45, 7) is 8.51. The molecule has 0 aromatic carbocycles. The van der Waals surface area contributed by atoms with Gasteiger partial charge in [-0.1, -0.05) is 26.7 Å². The van der Waals surface area contributed by atoms with Crippen molar-refractivity contribution in [3.8, 4) is 0 Å². The van der Waals surface area contributed by atoms with Gasteiger partial charge in [0.15, 0.2) is 0 Å². The van der Waals surface area contributed by atoms with E-state index < -0.39 is 0 Å². The second-order valence-electron chi connectivity index (χ2n) is 6.46. The van der Waals surface area contributed by atoms with Crippen LogP contribution in [0.3, 0.4) is 0 Å². The van der Waals surface area contributed by atoms with Crippen LogP contribution in [0.15, 0.2) is 0 Å². The molecule has 2 rings (SSSR count). The highest BCUT2D eigenvalue weighted by molar-refractivity contribution is 5.85. The molecule has 0 bridgehead atoms. The molecule has 22 heavy (non-hydrogen) atoms. The number of carbonyl (C=O) groups is 1. The maximum absolute atomic E-state index is 12.8. The normalized spacial score (nSPS) is 20.4. The van der Waals surface area contributed by atoms with Crippen molar-refractivity contribution in [1.29, 1.82) is 0 Å². The maximum atomic E-state index is 12.8. The number of carbonyl (C=O) groups excluding carboxylic acids is 1. The molecule has 0 aromatic heterocycles. The van der Waals surface area contributed by atoms with Gasteiger partial charge in [0.25, 0.3) is 0 Å². The molecule has 1 saturated carbocycles. The van der Waals surface area contributed by atoms with Gasteiger partial charge in [-0.2, -0.15) is 0 Å². The van der Waals surface area contributed by atoms with Crippen molar-refractivity contribution in [2.75, 3.05) is 32.7 Å². The number of halogens is 2. The average molecular weight is 354 g/mol. The second-order valence-corrected chi connectivity index (χ2v) is 6.46. The van der Waals surface area contributed by atoms with Gasteiger partial charge in [-0.25, -0.2) is 0 Å². The molecule has 2 aliphatic rings. The molecule has 4 nitrogen and oxygen atoms in total. The van der Waals surface area contributed by atoms with Crippen LogP contribution in [0.2, 0.25) is 0 Å². The minimum Gasteiger partial charge on any atom is -0.340 e. The van der Waals surface area contributed by atoms with Crippen molar-refractivity contribution < 1.29 is 4.79 Å². The fourth-order valence-electron chi connectivity index (χ4n) is 3.82. The van der Waals surface area contributed by atoms with Crippen molar-refractivity contribution in [1.82, 2.24) is 9.80 Å². The molecule has 0 radical (unpaired) electrons. The Labute approximate surface area is 148 Å². The fourth-order valence-corrected chi connectivity index (χ4v) is 3.82. The van der Waals surface area contributed by atoms with Crippen LogP contribution in [0.1, 0.15) is 52.4 Å². The van der Waals surface area contributed by atoms with Gasteiger partial charge in [0.1, 0.15) is 0 Å². The first-order valence-electron chi connectivity index (χ1n) is 8.40. The van der Waals surface area contributed by atoms with Gasteiger partial charge in [0.05, 0.1) is 5.41 Å². The number of nitrogens with two attached hydrogens (primary N) is 1. The van der Waals surface area contributed by atoms with E-state index in [1.807, 2.05) is 0 Å². The minimum atomic E-state index is -0.324. The Morgan fingerprint density at radius 2 is 1.55 bits per heavy atom. The van der Waals surface area contributed by atoms with Gasteiger partial charge in [0.2, 0.25) is 5.91 Å². The summed E-state index contributed by atoms with van der Waals surface area (Å²) in [5, 5.41) is 0. The third-order valence-electron chi connectivity index (χ3n) is 5.64. The Hall–Kier alpha value is -0.0300. The molecule has 1 amide bonds. The molecule has 1 saturated heterocycles. The van der Waals surface area contributed by atoms with Crippen molar-refractivity contribution in [3.05, 3.63) is 0 Å². The third-order valence-corrected chi connectivity index (χ3v) is 5.64. The summed E-state index contributed by atoms with van der Waals surface area (Å²) in [6, 6.07) is 0.781. The average Bonchev–Trinajstić information content (AvgIpc) is 3.04. The first-order valence-corrected chi connectivity index (χ1v) is 8.40. The van der Waals surface area contributed by atoms with Gasteiger partial charge in [-0.15, -0.1) is 24.8 Å². The Kier molecular flexibility index (Phi) is 9.95.